The molecule has 0 radical (unpaired) electrons. The molecule has 0 aromatic heterocycles. The van der Waals surface area contributed by atoms with Crippen LogP contribution in [0.1, 0.15) is 15.9 Å². The van der Waals surface area contributed by atoms with Gasteiger partial charge in [-0.2, -0.15) is 0 Å². The zero-order valence-corrected chi connectivity index (χ0v) is 8.84. The van der Waals surface area contributed by atoms with E-state index in [1.165, 1.54) is 13.2 Å². The summed E-state index contributed by atoms with van der Waals surface area (Å²) in [5, 5.41) is 2.73. The monoisotopic (exact) mass is 211 g/mol. The molecule has 4 heteroatoms. The van der Waals surface area contributed by atoms with Gasteiger partial charge in [-0.3, -0.25) is 4.79 Å². The minimum Gasteiger partial charge on any atom is -0.380 e. The van der Waals surface area contributed by atoms with Gasteiger partial charge in [-0.15, -0.1) is 0 Å². The van der Waals surface area contributed by atoms with Gasteiger partial charge in [0.05, 0.1) is 13.2 Å². The lowest BCUT2D eigenvalue weighted by Gasteiger charge is -2.04. The van der Waals surface area contributed by atoms with Crippen LogP contribution in [0.5, 0.6) is 0 Å². The van der Waals surface area contributed by atoms with Gasteiger partial charge in [-0.05, 0) is 13.1 Å². The predicted octanol–water partition coefficient (Wildman–Crippen LogP) is 1.37. The Balaban J connectivity index is 2.86. The third-order valence-corrected chi connectivity index (χ3v) is 2.01. The van der Waals surface area contributed by atoms with Gasteiger partial charge < -0.3 is 10.1 Å². The van der Waals surface area contributed by atoms with Crippen LogP contribution in [0, 0.1) is 5.82 Å². The molecule has 0 spiro atoms. The van der Waals surface area contributed by atoms with Crippen LogP contribution in [0.3, 0.4) is 0 Å². The molecule has 0 aliphatic heterocycles. The first-order chi connectivity index (χ1) is 7.19. The molecule has 82 valence electrons. The molecule has 0 saturated carbocycles. The van der Waals surface area contributed by atoms with Crippen molar-refractivity contribution in [3.05, 3.63) is 35.1 Å². The van der Waals surface area contributed by atoms with E-state index in [4.69, 9.17) is 4.74 Å². The van der Waals surface area contributed by atoms with Gasteiger partial charge in [0.15, 0.2) is 5.78 Å². The van der Waals surface area contributed by atoms with Crippen LogP contribution in [0.15, 0.2) is 18.2 Å². The maximum Gasteiger partial charge on any atom is 0.176 e. The standard InChI is InChI=1S/C11H14FNO2/c1-13-6-11(14)8-3-4-9(7-15-2)10(12)5-8/h3-5,13H,6-7H2,1-2H3. The summed E-state index contributed by atoms with van der Waals surface area (Å²) in [6.07, 6.45) is 0. The molecule has 0 atom stereocenters. The maximum atomic E-state index is 13.4. The van der Waals surface area contributed by atoms with Gasteiger partial charge in [0.2, 0.25) is 0 Å². The second-order valence-electron chi connectivity index (χ2n) is 3.19. The van der Waals surface area contributed by atoms with E-state index in [1.807, 2.05) is 0 Å². The molecule has 0 unspecified atom stereocenters. The number of carbonyl (C=O) groups excluding carboxylic acids is 1. The number of nitrogens with one attached hydrogen (secondary N) is 1. The summed E-state index contributed by atoms with van der Waals surface area (Å²) in [7, 11) is 3.17. The highest BCUT2D eigenvalue weighted by molar-refractivity contribution is 5.97. The minimum atomic E-state index is -0.404. The summed E-state index contributed by atoms with van der Waals surface area (Å²) in [5.74, 6) is -0.529. The molecule has 15 heavy (non-hydrogen) atoms. The van der Waals surface area contributed by atoms with Crippen molar-refractivity contribution in [3.8, 4) is 0 Å². The van der Waals surface area contributed by atoms with E-state index in [-0.39, 0.29) is 18.9 Å². The molecule has 1 aromatic rings. The topological polar surface area (TPSA) is 38.3 Å². The Bertz CT molecular complexity index is 352. The molecule has 1 N–H and O–H groups in total. The van der Waals surface area contributed by atoms with Gasteiger partial charge in [-0.1, -0.05) is 12.1 Å². The largest absolute Gasteiger partial charge is 0.380 e. The van der Waals surface area contributed by atoms with E-state index in [2.05, 4.69) is 5.32 Å². The Morgan fingerprint density at radius 2 is 2.27 bits per heavy atom. The molecule has 0 aliphatic rings. The Morgan fingerprint density at radius 3 is 2.80 bits per heavy atom. The van der Waals surface area contributed by atoms with E-state index < -0.39 is 5.82 Å². The molecule has 0 aliphatic carbocycles. The first kappa shape index (κ1) is 11.8. The first-order valence-corrected chi connectivity index (χ1v) is 4.64. The minimum absolute atomic E-state index is 0.125. The summed E-state index contributed by atoms with van der Waals surface area (Å²) in [4.78, 5) is 11.4. The highest BCUT2D eigenvalue weighted by Gasteiger charge is 2.08. The average Bonchev–Trinajstić information content (AvgIpc) is 2.21. The second-order valence-corrected chi connectivity index (χ2v) is 3.19. The Labute approximate surface area is 88.2 Å². The third kappa shape index (κ3) is 3.11. The molecule has 0 saturated heterocycles. The van der Waals surface area contributed by atoms with Gasteiger partial charge >= 0.3 is 0 Å². The fourth-order valence-electron chi connectivity index (χ4n) is 1.26. The fourth-order valence-corrected chi connectivity index (χ4v) is 1.26. The number of carbonyl (C=O) groups is 1. The summed E-state index contributed by atoms with van der Waals surface area (Å²) in [6, 6.07) is 4.42. The number of ketones is 1. The van der Waals surface area contributed by atoms with Gasteiger partial charge in [-0.25, -0.2) is 4.39 Å². The Hall–Kier alpha value is -1.26. The SMILES string of the molecule is CNCC(=O)c1ccc(COC)c(F)c1. The van der Waals surface area contributed by atoms with E-state index in [1.54, 1.807) is 19.2 Å². The smallest absolute Gasteiger partial charge is 0.176 e. The number of ether oxygens (including phenoxy) is 1. The van der Waals surface area contributed by atoms with E-state index >= 15 is 0 Å². The number of halogens is 1. The van der Waals surface area contributed by atoms with Gasteiger partial charge in [0.1, 0.15) is 5.82 Å². The highest BCUT2D eigenvalue weighted by atomic mass is 19.1. The van der Waals surface area contributed by atoms with Crippen LogP contribution in [-0.4, -0.2) is 26.5 Å². The molecule has 0 heterocycles. The van der Waals surface area contributed by atoms with Gasteiger partial charge in [0, 0.05) is 18.2 Å². The Kier molecular flexibility index (Phi) is 4.39. The third-order valence-electron chi connectivity index (χ3n) is 2.01. The number of benzene rings is 1. The predicted molar refractivity (Wildman–Crippen MR) is 55.4 cm³/mol. The van der Waals surface area contributed by atoms with Crippen LogP contribution in [-0.2, 0) is 11.3 Å². The fraction of sp³-hybridized carbons (Fsp3) is 0.364. The van der Waals surface area contributed by atoms with Crippen molar-refractivity contribution in [2.24, 2.45) is 0 Å². The molecule has 0 bridgehead atoms. The maximum absolute atomic E-state index is 13.4. The van der Waals surface area contributed by atoms with Crippen LogP contribution in [0.2, 0.25) is 0 Å². The first-order valence-electron chi connectivity index (χ1n) is 4.64. The van der Waals surface area contributed by atoms with Crippen molar-refractivity contribution in [2.75, 3.05) is 20.7 Å². The Morgan fingerprint density at radius 1 is 1.53 bits per heavy atom. The number of Topliss-reactive ketones (excluding diaryl/α,β-unsaturated/α-hetero) is 1. The van der Waals surface area contributed by atoms with Crippen molar-refractivity contribution in [1.82, 2.24) is 5.32 Å². The zero-order valence-electron chi connectivity index (χ0n) is 8.84. The molecule has 1 rings (SSSR count). The number of hydrogen-bond donors (Lipinski definition) is 1. The molecule has 0 amide bonds. The second kappa shape index (κ2) is 5.58. The van der Waals surface area contributed by atoms with Crippen molar-refractivity contribution < 1.29 is 13.9 Å². The highest BCUT2D eigenvalue weighted by Crippen LogP contribution is 2.11. The van der Waals surface area contributed by atoms with Crippen LogP contribution in [0.4, 0.5) is 4.39 Å². The number of likely N-dealkylation sites (N-methyl/N-ethyl adjacent to an activating group) is 1. The van der Waals surface area contributed by atoms with Crippen LogP contribution >= 0.6 is 0 Å². The van der Waals surface area contributed by atoms with Crippen molar-refractivity contribution in [1.29, 1.82) is 0 Å². The summed E-state index contributed by atoms with van der Waals surface area (Å²) >= 11 is 0. The lowest BCUT2D eigenvalue weighted by Crippen LogP contribution is -2.18. The molecule has 1 aromatic carbocycles. The van der Waals surface area contributed by atoms with E-state index in [0.29, 0.717) is 11.1 Å². The zero-order chi connectivity index (χ0) is 11.3. The van der Waals surface area contributed by atoms with Gasteiger partial charge in [0.25, 0.3) is 0 Å². The number of rotatable bonds is 5. The summed E-state index contributed by atoms with van der Waals surface area (Å²) in [6.45, 7) is 0.426. The van der Waals surface area contributed by atoms with Crippen LogP contribution < -0.4 is 5.32 Å². The normalized spacial score (nSPS) is 10.3. The lowest BCUT2D eigenvalue weighted by atomic mass is 10.1. The van der Waals surface area contributed by atoms with Crippen molar-refractivity contribution in [2.45, 2.75) is 6.61 Å². The molecule has 3 nitrogen and oxygen atoms in total. The number of methoxy groups -OCH3 is 1. The molecule has 0 fully saturated rings. The lowest BCUT2D eigenvalue weighted by molar-refractivity contribution is 0.0993. The summed E-state index contributed by atoms with van der Waals surface area (Å²) in [5.41, 5.74) is 0.834. The van der Waals surface area contributed by atoms with Crippen LogP contribution in [0.25, 0.3) is 0 Å². The quantitative estimate of drug-likeness (QED) is 0.748. The van der Waals surface area contributed by atoms with Crippen molar-refractivity contribution >= 4 is 5.78 Å². The molecular weight excluding hydrogens is 197 g/mol. The summed E-state index contributed by atoms with van der Waals surface area (Å²) < 4.78 is 18.2. The average molecular weight is 211 g/mol. The van der Waals surface area contributed by atoms with E-state index in [9.17, 15) is 9.18 Å². The number of hydrogen-bond acceptors (Lipinski definition) is 3. The van der Waals surface area contributed by atoms with Crippen molar-refractivity contribution in [3.63, 3.8) is 0 Å². The molecular formula is C11H14FNO2. The van der Waals surface area contributed by atoms with E-state index in [0.717, 1.165) is 0 Å².